The summed E-state index contributed by atoms with van der Waals surface area (Å²) >= 11 is 0. The fraction of sp³-hybridized carbons (Fsp3) is 0.447. The number of β-amino-alcohol motifs (C(OH)–C–C–N with tert-alkyl or cyclic N) is 1. The Morgan fingerprint density at radius 1 is 0.826 bits per heavy atom. The van der Waals surface area contributed by atoms with Gasteiger partial charge in [-0.25, -0.2) is 0 Å². The van der Waals surface area contributed by atoms with Gasteiger partial charge in [0.2, 0.25) is 17.7 Å². The summed E-state index contributed by atoms with van der Waals surface area (Å²) in [5.74, 6) is -0.128. The fourth-order valence-corrected chi connectivity index (χ4v) is 8.06. The molecule has 3 aromatic carbocycles. The molecule has 46 heavy (non-hydrogen) atoms. The van der Waals surface area contributed by atoms with Crippen LogP contribution >= 0.6 is 0 Å². The summed E-state index contributed by atoms with van der Waals surface area (Å²) in [6.45, 7) is 3.31. The molecule has 0 bridgehead atoms. The van der Waals surface area contributed by atoms with Gasteiger partial charge >= 0.3 is 0 Å². The van der Waals surface area contributed by atoms with E-state index in [0.717, 1.165) is 47.1 Å². The second-order valence-electron chi connectivity index (χ2n) is 14.1. The summed E-state index contributed by atoms with van der Waals surface area (Å²) in [6, 6.07) is 28.7. The first-order valence-electron chi connectivity index (χ1n) is 16.7. The number of rotatable bonds is 9. The first kappa shape index (κ1) is 32.0. The van der Waals surface area contributed by atoms with Gasteiger partial charge in [-0.15, -0.1) is 0 Å². The Hall–Kier alpha value is -4.01. The fourth-order valence-electron chi connectivity index (χ4n) is 8.06. The lowest BCUT2D eigenvalue weighted by atomic mass is 9.67. The molecule has 3 aliphatic heterocycles. The number of nitrogens with one attached hydrogen (secondary N) is 1. The Labute approximate surface area is 272 Å². The van der Waals surface area contributed by atoms with Crippen molar-refractivity contribution in [1.82, 2.24) is 15.1 Å². The molecule has 3 saturated heterocycles. The molecule has 4 atom stereocenters. The summed E-state index contributed by atoms with van der Waals surface area (Å²) < 4.78 is 0.961. The van der Waals surface area contributed by atoms with Crippen LogP contribution in [0, 0.1) is 5.92 Å². The number of aliphatic hydroxyl groups excluding tert-OH is 1. The molecule has 8 heteroatoms. The topological polar surface area (TPSA) is 89.9 Å². The molecular weight excluding hydrogens is 576 g/mol. The van der Waals surface area contributed by atoms with Gasteiger partial charge in [0.05, 0.1) is 38.7 Å². The van der Waals surface area contributed by atoms with E-state index in [9.17, 15) is 19.5 Å². The lowest BCUT2D eigenvalue weighted by Gasteiger charge is -2.38. The van der Waals surface area contributed by atoms with Crippen LogP contribution in [-0.2, 0) is 19.8 Å². The van der Waals surface area contributed by atoms with Crippen LogP contribution in [0.15, 0.2) is 91.0 Å². The van der Waals surface area contributed by atoms with Gasteiger partial charge in [0, 0.05) is 44.8 Å². The lowest BCUT2D eigenvalue weighted by Crippen LogP contribution is -2.53. The third-order valence-corrected chi connectivity index (χ3v) is 10.4. The van der Waals surface area contributed by atoms with Crippen molar-refractivity contribution in [2.75, 3.05) is 46.8 Å². The monoisotopic (exact) mass is 623 g/mol. The molecule has 3 fully saturated rings. The first-order chi connectivity index (χ1) is 22.2. The Kier molecular flexibility index (Phi) is 9.29. The van der Waals surface area contributed by atoms with Gasteiger partial charge in [-0.1, -0.05) is 91.0 Å². The predicted molar refractivity (Wildman–Crippen MR) is 178 cm³/mol. The van der Waals surface area contributed by atoms with Crippen molar-refractivity contribution in [2.45, 2.75) is 55.7 Å². The van der Waals surface area contributed by atoms with Crippen molar-refractivity contribution >= 4 is 17.7 Å². The molecule has 0 spiro atoms. The van der Waals surface area contributed by atoms with Crippen molar-refractivity contribution in [3.8, 4) is 0 Å². The molecule has 0 radical (unpaired) electrons. The number of aliphatic hydroxyl groups is 1. The minimum Gasteiger partial charge on any atom is -0.391 e. The normalized spacial score (nSPS) is 24.2. The van der Waals surface area contributed by atoms with E-state index < -0.39 is 23.6 Å². The van der Waals surface area contributed by atoms with Crippen LogP contribution < -0.4 is 5.32 Å². The number of carbonyl (C=O) groups excluding carboxylic acids is 3. The van der Waals surface area contributed by atoms with Crippen LogP contribution in [0.3, 0.4) is 0 Å². The minimum absolute atomic E-state index is 0.0850. The maximum absolute atomic E-state index is 14.5. The maximum atomic E-state index is 14.5. The van der Waals surface area contributed by atoms with Crippen LogP contribution in [-0.4, -0.2) is 102 Å². The molecule has 1 unspecified atom stereocenters. The number of quaternary nitrogens is 1. The number of nitrogens with zero attached hydrogens (tertiary/aromatic N) is 3. The number of benzene rings is 3. The van der Waals surface area contributed by atoms with Crippen LogP contribution in [0.25, 0.3) is 0 Å². The Morgan fingerprint density at radius 2 is 1.39 bits per heavy atom. The highest BCUT2D eigenvalue weighted by atomic mass is 16.3. The van der Waals surface area contributed by atoms with Gasteiger partial charge in [0.25, 0.3) is 0 Å². The van der Waals surface area contributed by atoms with Crippen LogP contribution in [0.5, 0.6) is 0 Å². The highest BCUT2D eigenvalue weighted by Gasteiger charge is 2.47. The van der Waals surface area contributed by atoms with Gasteiger partial charge in [-0.2, -0.15) is 0 Å². The van der Waals surface area contributed by atoms with E-state index in [4.69, 9.17) is 0 Å². The Balaban J connectivity index is 1.25. The number of carbonyl (C=O) groups is 3. The zero-order chi connectivity index (χ0) is 32.3. The molecule has 3 aliphatic rings. The number of amides is 3. The van der Waals surface area contributed by atoms with Crippen molar-refractivity contribution in [2.24, 2.45) is 5.92 Å². The van der Waals surface area contributed by atoms with Crippen molar-refractivity contribution < 1.29 is 24.0 Å². The summed E-state index contributed by atoms with van der Waals surface area (Å²) in [4.78, 5) is 45.3. The van der Waals surface area contributed by atoms with Gasteiger partial charge in [-0.3, -0.25) is 14.4 Å². The maximum Gasteiger partial charge on any atom is 0.246 e. The molecule has 242 valence electrons. The average Bonchev–Trinajstić information content (AvgIpc) is 3.81. The predicted octanol–water partition coefficient (Wildman–Crippen LogP) is 3.58. The summed E-state index contributed by atoms with van der Waals surface area (Å²) in [7, 11) is 4.43. The van der Waals surface area contributed by atoms with E-state index in [0.29, 0.717) is 25.4 Å². The summed E-state index contributed by atoms with van der Waals surface area (Å²) in [6.07, 6.45) is 1.86. The van der Waals surface area contributed by atoms with E-state index in [1.54, 1.807) is 9.80 Å². The second kappa shape index (κ2) is 13.4. The van der Waals surface area contributed by atoms with E-state index in [-0.39, 0.29) is 37.1 Å². The van der Waals surface area contributed by atoms with Gasteiger partial charge < -0.3 is 24.7 Å². The molecule has 8 nitrogen and oxygen atoms in total. The standard InChI is InChI=1S/C38H46N4O4/c1-42(2)22-20-28(27-42)25-39-36(45)33-19-12-21-40(33)37(46)34-23-32(43)26-41(34)35(44)24-38(29-13-6-3-7-14-29,30-15-8-4-9-16-30)31-17-10-5-11-18-31/h3-11,13-18,28,32-34,43H,12,19-27H2,1-2H3/p+1/t28?,32-,33-,34+/m1/s1. The molecule has 0 aromatic heterocycles. The van der Waals surface area contributed by atoms with Gasteiger partial charge in [-0.05, 0) is 29.5 Å². The van der Waals surface area contributed by atoms with E-state index in [1.165, 1.54) is 0 Å². The third-order valence-electron chi connectivity index (χ3n) is 10.4. The second-order valence-corrected chi connectivity index (χ2v) is 14.1. The third kappa shape index (κ3) is 6.46. The number of hydrogen-bond acceptors (Lipinski definition) is 4. The molecule has 6 rings (SSSR count). The van der Waals surface area contributed by atoms with Crippen LogP contribution in [0.4, 0.5) is 0 Å². The molecule has 3 amide bonds. The largest absolute Gasteiger partial charge is 0.391 e. The molecule has 3 aromatic rings. The summed E-state index contributed by atoms with van der Waals surface area (Å²) in [5.41, 5.74) is 2.11. The Morgan fingerprint density at radius 3 is 1.91 bits per heavy atom. The lowest BCUT2D eigenvalue weighted by molar-refractivity contribution is -0.879. The summed E-state index contributed by atoms with van der Waals surface area (Å²) in [5, 5.41) is 14.0. The van der Waals surface area contributed by atoms with Crippen molar-refractivity contribution in [1.29, 1.82) is 0 Å². The molecule has 2 N–H and O–H groups in total. The quantitative estimate of drug-likeness (QED) is 0.282. The first-order valence-corrected chi connectivity index (χ1v) is 16.7. The van der Waals surface area contributed by atoms with Crippen LogP contribution in [0.2, 0.25) is 0 Å². The zero-order valence-electron chi connectivity index (χ0n) is 27.1. The van der Waals surface area contributed by atoms with Gasteiger partial charge in [0.15, 0.2) is 0 Å². The van der Waals surface area contributed by atoms with Crippen molar-refractivity contribution in [3.63, 3.8) is 0 Å². The Bertz CT molecular complexity index is 1420. The molecular formula is C38H47N4O4+. The number of likely N-dealkylation sites (tertiary alicyclic amines) is 3. The van der Waals surface area contributed by atoms with E-state index >= 15 is 0 Å². The molecule has 3 heterocycles. The SMILES string of the molecule is C[N+]1(C)CCC(CNC(=O)[C@H]2CCCN2C(=O)[C@@H]2C[C@@H](O)CN2C(=O)CC(c2ccccc2)(c2ccccc2)c2ccccc2)C1. The average molecular weight is 624 g/mol. The molecule has 0 saturated carbocycles. The van der Waals surface area contributed by atoms with Crippen LogP contribution in [0.1, 0.15) is 48.8 Å². The van der Waals surface area contributed by atoms with E-state index in [2.05, 4.69) is 19.4 Å². The highest BCUT2D eigenvalue weighted by Crippen LogP contribution is 2.43. The highest BCUT2D eigenvalue weighted by molar-refractivity contribution is 5.93. The van der Waals surface area contributed by atoms with E-state index in [1.807, 2.05) is 91.0 Å². The minimum atomic E-state index is -0.816. The smallest absolute Gasteiger partial charge is 0.246 e. The molecule has 0 aliphatic carbocycles. The van der Waals surface area contributed by atoms with Crippen molar-refractivity contribution in [3.05, 3.63) is 108 Å². The zero-order valence-corrected chi connectivity index (χ0v) is 27.1. The number of hydrogen-bond donors (Lipinski definition) is 2. The van der Waals surface area contributed by atoms with Gasteiger partial charge in [0.1, 0.15) is 12.1 Å².